The highest BCUT2D eigenvalue weighted by Crippen LogP contribution is 2.71. The van der Waals surface area contributed by atoms with Gasteiger partial charge in [-0.15, -0.1) is 0 Å². The molecule has 0 aromatic heterocycles. The first-order valence-electron chi connectivity index (χ1n) is 24.2. The third-order valence-electron chi connectivity index (χ3n) is 18.3. The molecule has 11 N–H and O–H groups in total. The minimum atomic E-state index is -1.74. The van der Waals surface area contributed by atoms with Crippen LogP contribution in [0.5, 0.6) is 0 Å². The Kier molecular flexibility index (Phi) is 15.4. The van der Waals surface area contributed by atoms with Gasteiger partial charge in [-0.05, 0) is 104 Å². The van der Waals surface area contributed by atoms with Crippen molar-refractivity contribution in [3.05, 3.63) is 0 Å². The van der Waals surface area contributed by atoms with Crippen LogP contribution in [0.1, 0.15) is 91.9 Å². The Morgan fingerprint density at radius 1 is 0.631 bits per heavy atom. The third kappa shape index (κ3) is 8.90. The zero-order chi connectivity index (χ0) is 46.9. The van der Waals surface area contributed by atoms with Gasteiger partial charge < -0.3 is 94.1 Å². The molecule has 0 unspecified atom stereocenters. The van der Waals surface area contributed by atoms with Gasteiger partial charge in [0, 0.05) is 19.4 Å². The molecular weight excluding hydrogens is 856 g/mol. The van der Waals surface area contributed by atoms with Gasteiger partial charge in [-0.2, -0.15) is 0 Å². The van der Waals surface area contributed by atoms with Crippen molar-refractivity contribution in [2.75, 3.05) is 33.5 Å². The summed E-state index contributed by atoms with van der Waals surface area (Å²) in [5.41, 5.74) is 0.150. The number of fused-ring (bicyclic) bond motifs is 7. The molecule has 0 bridgehead atoms. The Morgan fingerprint density at radius 3 is 1.85 bits per heavy atom. The Bertz CT molecular complexity index is 1580. The first-order valence-corrected chi connectivity index (χ1v) is 24.2. The molecule has 4 aliphatic heterocycles. The van der Waals surface area contributed by atoms with Crippen LogP contribution in [0.2, 0.25) is 0 Å². The van der Waals surface area contributed by atoms with Crippen LogP contribution >= 0.6 is 0 Å². The minimum Gasteiger partial charge on any atom is -0.394 e. The fraction of sp³-hybridized carbons (Fsp3) is 1.00. The van der Waals surface area contributed by atoms with Gasteiger partial charge >= 0.3 is 0 Å². The molecule has 4 aliphatic carbocycles. The lowest BCUT2D eigenvalue weighted by Crippen LogP contribution is -2.65. The number of aliphatic hydroxyl groups excluding tert-OH is 11. The van der Waals surface area contributed by atoms with Gasteiger partial charge in [0.1, 0.15) is 73.2 Å². The van der Waals surface area contributed by atoms with E-state index < -0.39 is 118 Å². The maximum Gasteiger partial charge on any atom is 0.187 e. The van der Waals surface area contributed by atoms with E-state index in [1.807, 2.05) is 6.92 Å². The zero-order valence-electron chi connectivity index (χ0n) is 38.4. The zero-order valence-corrected chi connectivity index (χ0v) is 38.4. The smallest absolute Gasteiger partial charge is 0.187 e. The number of hydrogen-bond acceptors (Lipinski definition) is 19. The van der Waals surface area contributed by atoms with Gasteiger partial charge in [0.25, 0.3) is 0 Å². The highest BCUT2D eigenvalue weighted by atomic mass is 16.8. The molecule has 4 saturated carbocycles. The maximum absolute atomic E-state index is 11.2. The Morgan fingerprint density at radius 2 is 1.22 bits per heavy atom. The van der Waals surface area contributed by atoms with Crippen molar-refractivity contribution in [2.24, 2.45) is 52.3 Å². The van der Waals surface area contributed by atoms with Crippen molar-refractivity contribution >= 4 is 0 Å². The Balaban J connectivity index is 0.880. The molecule has 19 nitrogen and oxygen atoms in total. The van der Waals surface area contributed by atoms with Crippen LogP contribution in [0.3, 0.4) is 0 Å². The molecule has 0 spiro atoms. The lowest BCUT2D eigenvalue weighted by Gasteiger charge is -2.61. The second-order valence-electron chi connectivity index (χ2n) is 21.6. The molecule has 27 atom stereocenters. The van der Waals surface area contributed by atoms with Gasteiger partial charge in [-0.3, -0.25) is 0 Å². The van der Waals surface area contributed by atoms with Crippen LogP contribution < -0.4 is 0 Å². The third-order valence-corrected chi connectivity index (χ3v) is 18.3. The molecule has 65 heavy (non-hydrogen) atoms. The predicted octanol–water partition coefficient (Wildman–Crippen LogP) is -1.13. The highest BCUT2D eigenvalue weighted by molar-refractivity contribution is 5.15. The minimum absolute atomic E-state index is 0.0271. The summed E-state index contributed by atoms with van der Waals surface area (Å²) in [5, 5.41) is 113. The van der Waals surface area contributed by atoms with Crippen molar-refractivity contribution < 1.29 is 94.1 Å². The van der Waals surface area contributed by atoms with Gasteiger partial charge in [0.15, 0.2) is 24.7 Å². The van der Waals surface area contributed by atoms with Crippen molar-refractivity contribution in [3.8, 4) is 0 Å². The molecular formula is C46H78O19. The summed E-state index contributed by atoms with van der Waals surface area (Å²) in [5.74, 6) is 1.67. The molecule has 0 radical (unpaired) electrons. The van der Waals surface area contributed by atoms with Gasteiger partial charge in [0.05, 0.1) is 38.6 Å². The summed E-state index contributed by atoms with van der Waals surface area (Å²) in [6, 6.07) is 0. The Hall–Kier alpha value is -0.760. The van der Waals surface area contributed by atoms with Gasteiger partial charge in [-0.1, -0.05) is 27.7 Å². The number of aliphatic hydroxyl groups is 11. The van der Waals surface area contributed by atoms with Gasteiger partial charge in [-0.25, -0.2) is 0 Å². The highest BCUT2D eigenvalue weighted by Gasteiger charge is 2.69. The number of ether oxygens (including phenoxy) is 8. The maximum atomic E-state index is 11.2. The molecule has 0 aromatic carbocycles. The van der Waals surface area contributed by atoms with Crippen molar-refractivity contribution in [1.82, 2.24) is 0 Å². The van der Waals surface area contributed by atoms with Crippen LogP contribution in [0.15, 0.2) is 0 Å². The standard InChI is InChI=1S/C46H78O19/c1-20(19-59-41-38(56)35(53)32(50)28(16-47)61-41)8-13-46(58-5)21(2)31-27(65-46)15-26-24-7-6-22-14-23(9-11-44(22,3)25(24)10-12-45(26,31)4)60-43-40(37(55)34(52)30(18-49)63-43)64-42-39(57)36(54)33(51)29(17-48)62-42/h20-43,47-57H,6-19H2,1-5H3/t20-,21+,22-,23+,24-,25+,26-,27+,28+,29-,30-,31+,32-,33-,34+,35+,36+,37+,38-,39-,40-,41-,42+,43-,44+,45+,46-/m1/s1. The van der Waals surface area contributed by atoms with Crippen LogP contribution in [0.25, 0.3) is 0 Å². The second-order valence-corrected chi connectivity index (χ2v) is 21.6. The number of rotatable bonds is 14. The lowest BCUT2D eigenvalue weighted by atomic mass is 9.44. The molecule has 4 heterocycles. The molecule has 0 amide bonds. The molecule has 0 aromatic rings. The molecule has 19 heteroatoms. The van der Waals surface area contributed by atoms with E-state index in [4.69, 9.17) is 37.9 Å². The Labute approximate surface area is 381 Å². The first-order chi connectivity index (χ1) is 30.9. The summed E-state index contributed by atoms with van der Waals surface area (Å²) in [6.07, 6.45) is -12.7. The van der Waals surface area contributed by atoms with Crippen molar-refractivity contribution in [1.29, 1.82) is 0 Å². The average molecular weight is 935 g/mol. The summed E-state index contributed by atoms with van der Waals surface area (Å²) in [7, 11) is 1.73. The summed E-state index contributed by atoms with van der Waals surface area (Å²) < 4.78 is 48.8. The number of methoxy groups -OCH3 is 1. The molecule has 8 fully saturated rings. The van der Waals surface area contributed by atoms with E-state index in [9.17, 15) is 56.2 Å². The molecule has 376 valence electrons. The fourth-order valence-electron chi connectivity index (χ4n) is 14.5. The van der Waals surface area contributed by atoms with Crippen LogP contribution in [-0.2, 0) is 37.9 Å². The normalized spacial score (nSPS) is 54.9. The quantitative estimate of drug-likeness (QED) is 0.0920. The van der Waals surface area contributed by atoms with E-state index in [2.05, 4.69) is 20.8 Å². The topological polar surface area (TPSA) is 296 Å². The van der Waals surface area contributed by atoms with Crippen LogP contribution in [0, 0.1) is 52.3 Å². The van der Waals surface area contributed by atoms with E-state index in [0.717, 1.165) is 44.9 Å². The van der Waals surface area contributed by atoms with Crippen molar-refractivity contribution in [3.63, 3.8) is 0 Å². The lowest BCUT2D eigenvalue weighted by molar-refractivity contribution is -0.373. The SMILES string of the molecule is CO[C@]1(CC[C@@H](C)CO[C@@H]2O[C@@H](CO)[C@@H](O)[C@H](O)[C@H]2O)O[C@H]2C[C@@H]3[C@@H]4CC[C@@H]5C[C@@H](O[C@@H]6O[C@H](CO)[C@H](O)[C@H](O)[C@H]6O[C@@H]6O[C@H](CO)[C@@H](O)[C@H](O)[C@H]6O)CC[C@]5(C)[C@H]4CC[C@]3(C)[C@H]2[C@@H]1C. The first kappa shape index (κ1) is 50.6. The summed E-state index contributed by atoms with van der Waals surface area (Å²) in [4.78, 5) is 0. The fourth-order valence-corrected chi connectivity index (χ4v) is 14.5. The van der Waals surface area contributed by atoms with E-state index in [-0.39, 0.29) is 41.5 Å². The predicted molar refractivity (Wildman–Crippen MR) is 224 cm³/mol. The largest absolute Gasteiger partial charge is 0.394 e. The van der Waals surface area contributed by atoms with E-state index in [0.29, 0.717) is 48.9 Å². The number of hydrogen-bond donors (Lipinski definition) is 11. The van der Waals surface area contributed by atoms with Crippen molar-refractivity contribution in [2.45, 2.75) is 202 Å². The van der Waals surface area contributed by atoms with E-state index in [1.165, 1.54) is 0 Å². The van der Waals surface area contributed by atoms with E-state index in [1.54, 1.807) is 7.11 Å². The summed E-state index contributed by atoms with van der Waals surface area (Å²) >= 11 is 0. The summed E-state index contributed by atoms with van der Waals surface area (Å²) in [6.45, 7) is 7.69. The molecule has 8 aliphatic rings. The van der Waals surface area contributed by atoms with E-state index >= 15 is 0 Å². The average Bonchev–Trinajstić information content (AvgIpc) is 3.76. The van der Waals surface area contributed by atoms with Crippen LogP contribution in [0.4, 0.5) is 0 Å². The molecule has 4 saturated heterocycles. The monoisotopic (exact) mass is 935 g/mol. The second kappa shape index (κ2) is 19.8. The van der Waals surface area contributed by atoms with Crippen LogP contribution in [-0.4, -0.2) is 200 Å². The molecule has 8 rings (SSSR count). The van der Waals surface area contributed by atoms with Gasteiger partial charge in [0.2, 0.25) is 0 Å².